The fraction of sp³-hybridized carbons (Fsp3) is 1.00. The zero-order chi connectivity index (χ0) is 10.6. The maximum atomic E-state index is 8.91. The van der Waals surface area contributed by atoms with Gasteiger partial charge in [-0.05, 0) is 19.3 Å². The molecule has 1 aliphatic rings. The number of unbranched alkanes of at least 4 members (excludes halogenated alkanes) is 3. The molecule has 2 N–H and O–H groups in total. The molecule has 0 bridgehead atoms. The third-order valence-corrected chi connectivity index (χ3v) is 2.59. The zero-order valence-corrected chi connectivity index (χ0v) is 9.54. The number of rotatable bonds is 4. The molecule has 1 fully saturated rings. The van der Waals surface area contributed by atoms with Crippen molar-refractivity contribution in [3.8, 4) is 0 Å². The first kappa shape index (κ1) is 13.9. The maximum absolute atomic E-state index is 8.91. The van der Waals surface area contributed by atoms with E-state index in [0.717, 1.165) is 19.3 Å². The quantitative estimate of drug-likeness (QED) is 0.688. The van der Waals surface area contributed by atoms with Gasteiger partial charge in [-0.2, -0.15) is 0 Å². The molecule has 1 rings (SSSR count). The van der Waals surface area contributed by atoms with Gasteiger partial charge in [-0.15, -0.1) is 0 Å². The van der Waals surface area contributed by atoms with Crippen molar-refractivity contribution < 1.29 is 10.2 Å². The monoisotopic (exact) mass is 202 g/mol. The van der Waals surface area contributed by atoms with Crippen LogP contribution in [0.4, 0.5) is 0 Å². The van der Waals surface area contributed by atoms with Gasteiger partial charge < -0.3 is 10.2 Å². The smallest absolute Gasteiger partial charge is 0.0540 e. The van der Waals surface area contributed by atoms with Gasteiger partial charge >= 0.3 is 0 Å². The summed E-state index contributed by atoms with van der Waals surface area (Å²) >= 11 is 0. The molecule has 0 aromatic carbocycles. The molecule has 2 nitrogen and oxygen atoms in total. The van der Waals surface area contributed by atoms with Crippen LogP contribution in [-0.4, -0.2) is 22.9 Å². The molecule has 0 heterocycles. The van der Waals surface area contributed by atoms with Crippen LogP contribution < -0.4 is 0 Å². The van der Waals surface area contributed by atoms with Crippen molar-refractivity contribution in [2.45, 2.75) is 70.8 Å². The first-order valence-corrected chi connectivity index (χ1v) is 6.10. The van der Waals surface area contributed by atoms with Gasteiger partial charge in [0.05, 0.1) is 6.10 Å². The topological polar surface area (TPSA) is 40.5 Å². The van der Waals surface area contributed by atoms with Crippen molar-refractivity contribution in [1.29, 1.82) is 0 Å². The minimum atomic E-state index is 0.0359. The maximum Gasteiger partial charge on any atom is 0.0540 e. The second kappa shape index (κ2) is 11.0. The Balaban J connectivity index is 0.000000241. The van der Waals surface area contributed by atoms with E-state index >= 15 is 0 Å². The summed E-state index contributed by atoms with van der Waals surface area (Å²) < 4.78 is 0. The normalized spacial score (nSPS) is 17.4. The van der Waals surface area contributed by atoms with E-state index in [1.54, 1.807) is 0 Å². The van der Waals surface area contributed by atoms with Crippen molar-refractivity contribution in [3.63, 3.8) is 0 Å². The molecule has 0 aromatic heterocycles. The predicted octanol–water partition coefficient (Wildman–Crippen LogP) is 2.87. The van der Waals surface area contributed by atoms with Gasteiger partial charge in [0.1, 0.15) is 0 Å². The van der Waals surface area contributed by atoms with E-state index in [9.17, 15) is 0 Å². The van der Waals surface area contributed by atoms with Crippen LogP contribution in [0, 0.1) is 0 Å². The van der Waals surface area contributed by atoms with Crippen molar-refractivity contribution in [3.05, 3.63) is 0 Å². The van der Waals surface area contributed by atoms with Gasteiger partial charge in [0.15, 0.2) is 0 Å². The van der Waals surface area contributed by atoms with Gasteiger partial charge in [0.2, 0.25) is 0 Å². The first-order chi connectivity index (χ1) is 6.81. The van der Waals surface area contributed by atoms with Crippen molar-refractivity contribution in [2.24, 2.45) is 0 Å². The van der Waals surface area contributed by atoms with Crippen LogP contribution in [0.15, 0.2) is 0 Å². The Hall–Kier alpha value is -0.0800. The van der Waals surface area contributed by atoms with Crippen LogP contribution in [-0.2, 0) is 0 Å². The Bertz CT molecular complexity index is 94.5. The highest BCUT2D eigenvalue weighted by atomic mass is 16.3. The molecular weight excluding hydrogens is 176 g/mol. The van der Waals surface area contributed by atoms with Crippen LogP contribution in [0.3, 0.4) is 0 Å². The Morgan fingerprint density at radius 3 is 2.00 bits per heavy atom. The highest BCUT2D eigenvalue weighted by Gasteiger charge is 2.07. The molecule has 0 spiro atoms. The summed E-state index contributed by atoms with van der Waals surface area (Å²) in [5, 5.41) is 17.2. The Morgan fingerprint density at radius 2 is 1.64 bits per heavy atom. The van der Waals surface area contributed by atoms with Crippen LogP contribution in [0.25, 0.3) is 0 Å². The van der Waals surface area contributed by atoms with E-state index in [2.05, 4.69) is 6.92 Å². The Kier molecular flexibility index (Phi) is 10.9. The third kappa shape index (κ3) is 10.0. The molecule has 0 saturated heterocycles. The molecule has 0 radical (unpaired) electrons. The Labute approximate surface area is 88.3 Å². The lowest BCUT2D eigenvalue weighted by molar-refractivity contribution is 0.130. The highest BCUT2D eigenvalue weighted by Crippen LogP contribution is 2.16. The number of aliphatic hydroxyl groups is 2. The Morgan fingerprint density at radius 1 is 1.00 bits per heavy atom. The summed E-state index contributed by atoms with van der Waals surface area (Å²) in [6.07, 6.45) is 10.6. The summed E-state index contributed by atoms with van der Waals surface area (Å²) in [4.78, 5) is 0. The molecule has 14 heavy (non-hydrogen) atoms. The molecule has 0 unspecified atom stereocenters. The molecule has 2 heteroatoms. The highest BCUT2D eigenvalue weighted by molar-refractivity contribution is 4.61. The summed E-state index contributed by atoms with van der Waals surface area (Å²) in [6, 6.07) is 0. The van der Waals surface area contributed by atoms with Gasteiger partial charge in [-0.1, -0.05) is 45.4 Å². The number of hydrogen-bond acceptors (Lipinski definition) is 2. The van der Waals surface area contributed by atoms with Gasteiger partial charge in [0.25, 0.3) is 0 Å². The average Bonchev–Trinajstić information content (AvgIpc) is 2.21. The van der Waals surface area contributed by atoms with E-state index < -0.39 is 0 Å². The second-order valence-corrected chi connectivity index (χ2v) is 4.08. The van der Waals surface area contributed by atoms with E-state index in [-0.39, 0.29) is 6.10 Å². The van der Waals surface area contributed by atoms with E-state index in [4.69, 9.17) is 10.2 Å². The predicted molar refractivity (Wildman–Crippen MR) is 60.3 cm³/mol. The summed E-state index contributed by atoms with van der Waals surface area (Å²) in [7, 11) is 0. The fourth-order valence-electron chi connectivity index (χ4n) is 1.62. The lowest BCUT2D eigenvalue weighted by atomic mass is 9.98. The largest absolute Gasteiger partial charge is 0.396 e. The SMILES string of the molecule is CCCCCCO.OC1CCCCC1. The number of aliphatic hydroxyl groups excluding tert-OH is 2. The van der Waals surface area contributed by atoms with Crippen molar-refractivity contribution in [1.82, 2.24) is 0 Å². The summed E-state index contributed by atoms with van der Waals surface area (Å²) in [5.74, 6) is 0. The third-order valence-electron chi connectivity index (χ3n) is 2.59. The van der Waals surface area contributed by atoms with Crippen molar-refractivity contribution >= 4 is 0 Å². The molecular formula is C12H26O2. The van der Waals surface area contributed by atoms with Crippen LogP contribution >= 0.6 is 0 Å². The fourth-order valence-corrected chi connectivity index (χ4v) is 1.62. The van der Waals surface area contributed by atoms with E-state index in [1.807, 2.05) is 0 Å². The average molecular weight is 202 g/mol. The lowest BCUT2D eigenvalue weighted by Crippen LogP contribution is -2.09. The second-order valence-electron chi connectivity index (χ2n) is 4.08. The molecule has 0 aromatic rings. The summed E-state index contributed by atoms with van der Waals surface area (Å²) in [6.45, 7) is 2.53. The minimum Gasteiger partial charge on any atom is -0.396 e. The standard InChI is InChI=1S/C6H12O.C6H14O/c7-6-4-2-1-3-5-6;1-2-3-4-5-6-7/h6-7H,1-5H2;7H,2-6H2,1H3. The first-order valence-electron chi connectivity index (χ1n) is 6.10. The molecule has 1 aliphatic carbocycles. The molecule has 1 saturated carbocycles. The zero-order valence-electron chi connectivity index (χ0n) is 9.54. The van der Waals surface area contributed by atoms with Crippen LogP contribution in [0.1, 0.15) is 64.7 Å². The number of hydrogen-bond donors (Lipinski definition) is 2. The lowest BCUT2D eigenvalue weighted by Gasteiger charge is -2.14. The van der Waals surface area contributed by atoms with E-state index in [0.29, 0.717) is 6.61 Å². The molecule has 0 aliphatic heterocycles. The molecule has 0 atom stereocenters. The summed E-state index contributed by atoms with van der Waals surface area (Å²) in [5.41, 5.74) is 0. The van der Waals surface area contributed by atoms with Crippen LogP contribution in [0.5, 0.6) is 0 Å². The van der Waals surface area contributed by atoms with Gasteiger partial charge in [0, 0.05) is 6.61 Å². The van der Waals surface area contributed by atoms with E-state index in [1.165, 1.54) is 38.5 Å². The molecule has 86 valence electrons. The van der Waals surface area contributed by atoms with Crippen LogP contribution in [0.2, 0.25) is 0 Å². The van der Waals surface area contributed by atoms with Gasteiger partial charge in [-0.3, -0.25) is 0 Å². The minimum absolute atomic E-state index is 0.0359. The van der Waals surface area contributed by atoms with Gasteiger partial charge in [-0.25, -0.2) is 0 Å². The van der Waals surface area contributed by atoms with Crippen molar-refractivity contribution in [2.75, 3.05) is 6.61 Å². The molecule has 0 amide bonds.